The van der Waals surface area contributed by atoms with E-state index in [1.807, 2.05) is 30.3 Å². The summed E-state index contributed by atoms with van der Waals surface area (Å²) < 4.78 is 14.1. The van der Waals surface area contributed by atoms with Gasteiger partial charge < -0.3 is 24.8 Å². The van der Waals surface area contributed by atoms with Gasteiger partial charge in [-0.25, -0.2) is 4.98 Å². The van der Waals surface area contributed by atoms with Crippen molar-refractivity contribution in [3.05, 3.63) is 65.5 Å². The molecule has 10 nitrogen and oxygen atoms in total. The van der Waals surface area contributed by atoms with Gasteiger partial charge in [-0.2, -0.15) is 5.10 Å². The lowest BCUT2D eigenvalue weighted by Crippen LogP contribution is -2.33. The zero-order valence-corrected chi connectivity index (χ0v) is 21.0. The second-order valence-electron chi connectivity index (χ2n) is 8.64. The average Bonchev–Trinajstić information content (AvgIpc) is 3.34. The summed E-state index contributed by atoms with van der Waals surface area (Å²) in [5.74, 6) is 1.35. The Hall–Kier alpha value is -3.89. The molecule has 0 unspecified atom stereocenters. The molecule has 0 saturated carbocycles. The Balaban J connectivity index is 1.79. The number of nitrogens with zero attached hydrogens (tertiary/aromatic N) is 5. The normalized spacial score (nSPS) is 11.3. The van der Waals surface area contributed by atoms with Crippen LogP contribution >= 0.6 is 0 Å². The van der Waals surface area contributed by atoms with Crippen molar-refractivity contribution in [2.75, 3.05) is 38.8 Å². The van der Waals surface area contributed by atoms with Crippen LogP contribution in [0.25, 0.3) is 16.8 Å². The Labute approximate surface area is 209 Å². The van der Waals surface area contributed by atoms with Gasteiger partial charge in [0.2, 0.25) is 0 Å². The smallest absolute Gasteiger partial charge is 0.265 e. The fraction of sp³-hybridized carbons (Fsp3) is 0.346. The third-order valence-corrected chi connectivity index (χ3v) is 5.81. The molecule has 190 valence electrons. The molecule has 0 spiro atoms. The van der Waals surface area contributed by atoms with Crippen molar-refractivity contribution in [3.8, 4) is 22.6 Å². The Morgan fingerprint density at radius 3 is 2.47 bits per heavy atom. The van der Waals surface area contributed by atoms with Crippen molar-refractivity contribution in [1.82, 2.24) is 24.5 Å². The van der Waals surface area contributed by atoms with E-state index >= 15 is 0 Å². The highest BCUT2D eigenvalue weighted by Gasteiger charge is 2.16. The van der Waals surface area contributed by atoms with Gasteiger partial charge in [0.25, 0.3) is 5.56 Å². The number of nitrogens with one attached hydrogen (secondary N) is 1. The van der Waals surface area contributed by atoms with Crippen LogP contribution in [-0.2, 0) is 6.54 Å². The molecule has 0 atom stereocenters. The second-order valence-corrected chi connectivity index (χ2v) is 8.64. The molecule has 0 amide bonds. The molecule has 3 aromatic heterocycles. The van der Waals surface area contributed by atoms with Crippen molar-refractivity contribution in [3.63, 3.8) is 0 Å². The molecule has 0 radical (unpaired) electrons. The summed E-state index contributed by atoms with van der Waals surface area (Å²) in [4.78, 5) is 20.1. The van der Waals surface area contributed by atoms with E-state index in [4.69, 9.17) is 14.6 Å². The first-order valence-corrected chi connectivity index (χ1v) is 11.8. The van der Waals surface area contributed by atoms with Gasteiger partial charge in [-0.05, 0) is 12.1 Å². The molecule has 1 aromatic carbocycles. The molecule has 0 aliphatic heterocycles. The van der Waals surface area contributed by atoms with Gasteiger partial charge in [0.1, 0.15) is 17.1 Å². The Morgan fingerprint density at radius 1 is 1.06 bits per heavy atom. The lowest BCUT2D eigenvalue weighted by Gasteiger charge is -2.27. The number of benzene rings is 1. The van der Waals surface area contributed by atoms with Crippen LogP contribution in [0.2, 0.25) is 0 Å². The SMILES string of the molecule is COc1cc(OC)cc(N(CCNC(C)C)c2ccc3ncc(-c4cnn(CCO)c4)c(=O)n3c2)c1. The van der Waals surface area contributed by atoms with Crippen LogP contribution < -0.4 is 25.2 Å². The minimum atomic E-state index is -0.200. The first kappa shape index (κ1) is 25.2. The van der Waals surface area contributed by atoms with Crippen molar-refractivity contribution >= 4 is 17.0 Å². The van der Waals surface area contributed by atoms with E-state index in [2.05, 4.69) is 34.1 Å². The summed E-state index contributed by atoms with van der Waals surface area (Å²) in [7, 11) is 3.24. The largest absolute Gasteiger partial charge is 0.497 e. The van der Waals surface area contributed by atoms with Gasteiger partial charge in [-0.15, -0.1) is 0 Å². The van der Waals surface area contributed by atoms with Crippen molar-refractivity contribution in [1.29, 1.82) is 0 Å². The summed E-state index contributed by atoms with van der Waals surface area (Å²) in [6.45, 7) is 5.91. The summed E-state index contributed by atoms with van der Waals surface area (Å²) in [6.07, 6.45) is 6.70. The van der Waals surface area contributed by atoms with E-state index in [1.54, 1.807) is 48.1 Å². The Kier molecular flexibility index (Phi) is 7.87. The van der Waals surface area contributed by atoms with Crippen LogP contribution in [0, 0.1) is 0 Å². The number of aliphatic hydroxyl groups is 1. The monoisotopic (exact) mass is 492 g/mol. The molecule has 0 bridgehead atoms. The second kappa shape index (κ2) is 11.2. The van der Waals surface area contributed by atoms with Crippen molar-refractivity contribution in [2.24, 2.45) is 0 Å². The molecular formula is C26H32N6O4. The molecule has 0 fully saturated rings. The fourth-order valence-electron chi connectivity index (χ4n) is 3.97. The quantitative estimate of drug-likeness (QED) is 0.329. The van der Waals surface area contributed by atoms with Crippen LogP contribution in [-0.4, -0.2) is 64.2 Å². The van der Waals surface area contributed by atoms with Crippen LogP contribution in [0.5, 0.6) is 11.5 Å². The number of hydrogen-bond donors (Lipinski definition) is 2. The zero-order valence-electron chi connectivity index (χ0n) is 21.0. The molecule has 36 heavy (non-hydrogen) atoms. The molecule has 4 rings (SSSR count). The number of aromatic nitrogens is 4. The number of methoxy groups -OCH3 is 2. The van der Waals surface area contributed by atoms with Crippen LogP contribution in [0.4, 0.5) is 11.4 Å². The predicted octanol–water partition coefficient (Wildman–Crippen LogP) is 2.70. The number of fused-ring (bicyclic) bond motifs is 1. The van der Waals surface area contributed by atoms with E-state index in [0.717, 1.165) is 17.9 Å². The van der Waals surface area contributed by atoms with Crippen LogP contribution in [0.3, 0.4) is 0 Å². The number of pyridine rings is 1. The average molecular weight is 493 g/mol. The van der Waals surface area contributed by atoms with Gasteiger partial charge in [0, 0.05) is 67.2 Å². The van der Waals surface area contributed by atoms with Crippen molar-refractivity contribution in [2.45, 2.75) is 26.4 Å². The Bertz CT molecular complexity index is 1360. The number of ether oxygens (including phenoxy) is 2. The Morgan fingerprint density at radius 2 is 1.81 bits per heavy atom. The molecule has 4 aromatic rings. The standard InChI is InChI=1S/C26H32N6O4/c1-18(2)27-7-8-31(21-11-22(35-3)13-23(12-21)36-4)20-5-6-25-28-15-24(26(34)32(25)17-20)19-14-29-30(16-19)9-10-33/h5-6,11-18,27,33H,7-10H2,1-4H3. The van der Waals surface area contributed by atoms with E-state index in [-0.39, 0.29) is 12.2 Å². The number of rotatable bonds is 11. The molecule has 0 aliphatic rings. The van der Waals surface area contributed by atoms with Crippen LogP contribution in [0.1, 0.15) is 13.8 Å². The number of hydrogen-bond acceptors (Lipinski definition) is 8. The maximum atomic E-state index is 13.5. The number of anilines is 2. The van der Waals surface area contributed by atoms with Gasteiger partial charge in [-0.3, -0.25) is 13.9 Å². The molecular weight excluding hydrogens is 460 g/mol. The van der Waals surface area contributed by atoms with Gasteiger partial charge in [0.05, 0.1) is 44.8 Å². The van der Waals surface area contributed by atoms with Gasteiger partial charge >= 0.3 is 0 Å². The first-order chi connectivity index (χ1) is 17.4. The van der Waals surface area contributed by atoms with E-state index in [9.17, 15) is 4.79 Å². The highest BCUT2D eigenvalue weighted by atomic mass is 16.5. The van der Waals surface area contributed by atoms with Gasteiger partial charge in [0.15, 0.2) is 0 Å². The summed E-state index contributed by atoms with van der Waals surface area (Å²) in [5, 5.41) is 16.8. The summed E-state index contributed by atoms with van der Waals surface area (Å²) >= 11 is 0. The van der Waals surface area contributed by atoms with E-state index in [0.29, 0.717) is 47.4 Å². The van der Waals surface area contributed by atoms with Gasteiger partial charge in [-0.1, -0.05) is 13.8 Å². The lowest BCUT2D eigenvalue weighted by molar-refractivity contribution is 0.269. The summed E-state index contributed by atoms with van der Waals surface area (Å²) in [6, 6.07) is 9.82. The highest BCUT2D eigenvalue weighted by molar-refractivity contribution is 5.68. The third-order valence-electron chi connectivity index (χ3n) is 5.81. The molecule has 0 saturated heterocycles. The minimum Gasteiger partial charge on any atom is -0.497 e. The van der Waals surface area contributed by atoms with Crippen LogP contribution in [0.15, 0.2) is 59.9 Å². The topological polar surface area (TPSA) is 106 Å². The molecule has 10 heteroatoms. The fourth-order valence-corrected chi connectivity index (χ4v) is 3.97. The van der Waals surface area contributed by atoms with E-state index < -0.39 is 0 Å². The summed E-state index contributed by atoms with van der Waals surface area (Å²) in [5.41, 5.74) is 3.12. The molecule has 2 N–H and O–H groups in total. The minimum absolute atomic E-state index is 0.0318. The van der Waals surface area contributed by atoms with E-state index in [1.165, 1.54) is 0 Å². The maximum absolute atomic E-state index is 13.5. The maximum Gasteiger partial charge on any atom is 0.265 e. The zero-order chi connectivity index (χ0) is 25.7. The predicted molar refractivity (Wildman–Crippen MR) is 139 cm³/mol. The molecule has 0 aliphatic carbocycles. The highest BCUT2D eigenvalue weighted by Crippen LogP contribution is 2.32. The molecule has 3 heterocycles. The lowest BCUT2D eigenvalue weighted by atomic mass is 10.2. The first-order valence-electron chi connectivity index (χ1n) is 11.8. The third kappa shape index (κ3) is 5.50. The number of aliphatic hydroxyl groups excluding tert-OH is 1. The van der Waals surface area contributed by atoms with Crippen molar-refractivity contribution < 1.29 is 14.6 Å².